The van der Waals surface area contributed by atoms with E-state index in [1.165, 1.54) is 0 Å². The van der Waals surface area contributed by atoms with Crippen molar-refractivity contribution >= 4 is 11.9 Å². The van der Waals surface area contributed by atoms with Crippen LogP contribution in [0.5, 0.6) is 0 Å². The molecule has 1 aliphatic rings. The molecule has 15 heavy (non-hydrogen) atoms. The minimum atomic E-state index is -1.56. The van der Waals surface area contributed by atoms with Crippen LogP contribution in [0.15, 0.2) is 0 Å². The Morgan fingerprint density at radius 1 is 1.47 bits per heavy atom. The molecule has 1 saturated heterocycles. The van der Waals surface area contributed by atoms with Crippen LogP contribution < -0.4 is 5.32 Å². The molecule has 0 aromatic rings. The number of aliphatic carboxylic acids is 1. The molecule has 0 aromatic carbocycles. The zero-order valence-electron chi connectivity index (χ0n) is 8.31. The van der Waals surface area contributed by atoms with Crippen molar-refractivity contribution < 1.29 is 24.5 Å². The molecular formula is C9H15NO5. The smallest absolute Gasteiger partial charge is 0.334 e. The highest BCUT2D eigenvalue weighted by Gasteiger charge is 2.23. The van der Waals surface area contributed by atoms with Crippen molar-refractivity contribution in [3.05, 3.63) is 0 Å². The third kappa shape index (κ3) is 3.85. The number of rotatable bonds is 4. The summed E-state index contributed by atoms with van der Waals surface area (Å²) in [6.07, 6.45) is 0.466. The Bertz CT molecular complexity index is 237. The fourth-order valence-corrected chi connectivity index (χ4v) is 1.35. The minimum Gasteiger partial charge on any atom is -0.479 e. The van der Waals surface area contributed by atoms with Gasteiger partial charge in [0.1, 0.15) is 6.10 Å². The van der Waals surface area contributed by atoms with E-state index in [4.69, 9.17) is 14.9 Å². The highest BCUT2D eigenvalue weighted by atomic mass is 16.5. The van der Waals surface area contributed by atoms with Gasteiger partial charge in [-0.05, 0) is 19.3 Å². The average Bonchev–Trinajstić information content (AvgIpc) is 2.26. The molecule has 86 valence electrons. The van der Waals surface area contributed by atoms with Crippen LogP contribution in [0.4, 0.5) is 0 Å². The van der Waals surface area contributed by atoms with Crippen molar-refractivity contribution in [2.45, 2.75) is 31.5 Å². The summed E-state index contributed by atoms with van der Waals surface area (Å²) in [6.45, 7) is 0.271. The van der Waals surface area contributed by atoms with E-state index in [-0.39, 0.29) is 12.5 Å². The Morgan fingerprint density at radius 3 is 2.73 bits per heavy atom. The Morgan fingerprint density at radius 2 is 2.20 bits per heavy atom. The lowest BCUT2D eigenvalue weighted by atomic mass is 10.1. The van der Waals surface area contributed by atoms with E-state index < -0.39 is 18.2 Å². The van der Waals surface area contributed by atoms with E-state index in [2.05, 4.69) is 5.32 Å². The van der Waals surface area contributed by atoms with Gasteiger partial charge in [-0.3, -0.25) is 4.79 Å². The molecule has 1 amide bonds. The molecule has 6 nitrogen and oxygen atoms in total. The molecule has 1 aliphatic heterocycles. The van der Waals surface area contributed by atoms with Gasteiger partial charge in [-0.25, -0.2) is 4.79 Å². The molecule has 0 radical (unpaired) electrons. The Hall–Kier alpha value is -1.14. The third-order valence-electron chi connectivity index (χ3n) is 2.23. The Kier molecular flexibility index (Phi) is 4.51. The van der Waals surface area contributed by atoms with Crippen LogP contribution in [0.3, 0.4) is 0 Å². The van der Waals surface area contributed by atoms with Crippen LogP contribution in [0.25, 0.3) is 0 Å². The summed E-state index contributed by atoms with van der Waals surface area (Å²) in [5.41, 5.74) is 0. The number of aliphatic hydroxyl groups excluding tert-OH is 1. The van der Waals surface area contributed by atoms with E-state index in [9.17, 15) is 9.59 Å². The largest absolute Gasteiger partial charge is 0.479 e. The molecule has 0 saturated carbocycles. The average molecular weight is 217 g/mol. The van der Waals surface area contributed by atoms with Crippen molar-refractivity contribution in [2.24, 2.45) is 0 Å². The lowest BCUT2D eigenvalue weighted by Gasteiger charge is -2.21. The fraction of sp³-hybridized carbons (Fsp3) is 0.778. The zero-order valence-corrected chi connectivity index (χ0v) is 8.31. The molecule has 1 unspecified atom stereocenters. The summed E-state index contributed by atoms with van der Waals surface area (Å²) >= 11 is 0. The third-order valence-corrected chi connectivity index (χ3v) is 2.23. The van der Waals surface area contributed by atoms with Gasteiger partial charge in [0.15, 0.2) is 6.10 Å². The Balaban J connectivity index is 2.25. The quantitative estimate of drug-likeness (QED) is 0.568. The second-order valence-corrected chi connectivity index (χ2v) is 3.45. The molecule has 0 bridgehead atoms. The maximum absolute atomic E-state index is 11.4. The predicted molar refractivity (Wildman–Crippen MR) is 50.2 cm³/mol. The second-order valence-electron chi connectivity index (χ2n) is 3.45. The summed E-state index contributed by atoms with van der Waals surface area (Å²) in [7, 11) is 0. The number of nitrogens with one attached hydrogen (secondary N) is 1. The van der Waals surface area contributed by atoms with Gasteiger partial charge < -0.3 is 20.3 Å². The molecule has 6 heteroatoms. The van der Waals surface area contributed by atoms with Crippen LogP contribution in [-0.2, 0) is 14.3 Å². The molecule has 0 aliphatic carbocycles. The van der Waals surface area contributed by atoms with E-state index in [1.807, 2.05) is 0 Å². The number of aliphatic hydroxyl groups is 1. The maximum atomic E-state index is 11.4. The van der Waals surface area contributed by atoms with Gasteiger partial charge in [0.2, 0.25) is 5.91 Å². The van der Waals surface area contributed by atoms with Gasteiger partial charge in [0.25, 0.3) is 0 Å². The number of ether oxygens (including phenoxy) is 1. The first-order valence-corrected chi connectivity index (χ1v) is 4.91. The second kappa shape index (κ2) is 5.67. The number of hydrogen-bond donors (Lipinski definition) is 3. The van der Waals surface area contributed by atoms with Crippen LogP contribution in [0, 0.1) is 0 Å². The molecule has 0 aromatic heterocycles. The summed E-state index contributed by atoms with van der Waals surface area (Å²) in [6, 6.07) is 0. The minimum absolute atomic E-state index is 0.284. The van der Waals surface area contributed by atoms with E-state index in [1.54, 1.807) is 0 Å². The Labute approximate surface area is 87.2 Å². The topological polar surface area (TPSA) is 95.9 Å². The predicted octanol–water partition coefficient (Wildman–Crippen LogP) is -0.883. The molecular weight excluding hydrogens is 202 g/mol. The van der Waals surface area contributed by atoms with Crippen LogP contribution in [0.1, 0.15) is 19.3 Å². The molecule has 0 spiro atoms. The lowest BCUT2D eigenvalue weighted by Crippen LogP contribution is -2.43. The standard InChI is InChI=1S/C9H15NO5/c11-6(9(13)14)5-10-8(12)7-3-1-2-4-15-7/h6-7,11H,1-5H2,(H,10,12)(H,13,14)/t6-,7?/m0/s1. The van der Waals surface area contributed by atoms with Gasteiger partial charge >= 0.3 is 5.97 Å². The van der Waals surface area contributed by atoms with E-state index in [0.717, 1.165) is 12.8 Å². The van der Waals surface area contributed by atoms with Crippen LogP contribution >= 0.6 is 0 Å². The molecule has 1 fully saturated rings. The lowest BCUT2D eigenvalue weighted by molar-refractivity contribution is -0.147. The first kappa shape index (κ1) is 11.9. The number of amides is 1. The summed E-state index contributed by atoms with van der Waals surface area (Å²) in [5.74, 6) is -1.70. The van der Waals surface area contributed by atoms with Crippen molar-refractivity contribution in [3.8, 4) is 0 Å². The number of carbonyl (C=O) groups excluding carboxylic acids is 1. The summed E-state index contributed by atoms with van der Waals surface area (Å²) < 4.78 is 5.19. The first-order valence-electron chi connectivity index (χ1n) is 4.91. The monoisotopic (exact) mass is 217 g/mol. The SMILES string of the molecule is O=C(NC[C@H](O)C(=O)O)C1CCCCO1. The van der Waals surface area contributed by atoms with Crippen molar-refractivity contribution in [1.82, 2.24) is 5.32 Å². The van der Waals surface area contributed by atoms with E-state index >= 15 is 0 Å². The van der Waals surface area contributed by atoms with Crippen molar-refractivity contribution in [2.75, 3.05) is 13.2 Å². The molecule has 1 rings (SSSR count). The van der Waals surface area contributed by atoms with Gasteiger partial charge in [-0.1, -0.05) is 0 Å². The zero-order chi connectivity index (χ0) is 11.3. The van der Waals surface area contributed by atoms with Crippen LogP contribution in [0.2, 0.25) is 0 Å². The fourth-order valence-electron chi connectivity index (χ4n) is 1.35. The van der Waals surface area contributed by atoms with E-state index in [0.29, 0.717) is 13.0 Å². The van der Waals surface area contributed by atoms with Gasteiger partial charge in [0, 0.05) is 6.61 Å². The maximum Gasteiger partial charge on any atom is 0.334 e. The van der Waals surface area contributed by atoms with Gasteiger partial charge in [0.05, 0.1) is 6.54 Å². The molecule has 2 atom stereocenters. The first-order chi connectivity index (χ1) is 7.11. The summed E-state index contributed by atoms with van der Waals surface area (Å²) in [4.78, 5) is 21.6. The normalized spacial score (nSPS) is 23.1. The number of carbonyl (C=O) groups is 2. The number of carboxylic acid groups (broad SMARTS) is 1. The van der Waals surface area contributed by atoms with Crippen molar-refractivity contribution in [3.63, 3.8) is 0 Å². The summed E-state index contributed by atoms with van der Waals surface area (Å²) in [5, 5.41) is 19.6. The number of carboxylic acids is 1. The highest BCUT2D eigenvalue weighted by Crippen LogP contribution is 2.12. The number of hydrogen-bond acceptors (Lipinski definition) is 4. The van der Waals surface area contributed by atoms with Gasteiger partial charge in [-0.2, -0.15) is 0 Å². The van der Waals surface area contributed by atoms with Crippen molar-refractivity contribution in [1.29, 1.82) is 0 Å². The molecule has 3 N–H and O–H groups in total. The van der Waals surface area contributed by atoms with Gasteiger partial charge in [-0.15, -0.1) is 0 Å². The molecule has 1 heterocycles. The van der Waals surface area contributed by atoms with Crippen LogP contribution in [-0.4, -0.2) is 47.4 Å². The highest BCUT2D eigenvalue weighted by molar-refractivity contribution is 5.81.